The van der Waals surface area contributed by atoms with Gasteiger partial charge in [-0.2, -0.15) is 0 Å². The summed E-state index contributed by atoms with van der Waals surface area (Å²) in [5.41, 5.74) is 0. The first-order valence-corrected chi connectivity index (χ1v) is 27.0. The molecule has 60 heavy (non-hydrogen) atoms. The number of hydrogen-bond donors (Lipinski definition) is 3. The van der Waals surface area contributed by atoms with Crippen molar-refractivity contribution < 1.29 is 24.5 Å². The minimum Gasteiger partial charge on any atom is -0.466 e. The predicted molar refractivity (Wildman–Crippen MR) is 260 cm³/mol. The first kappa shape index (κ1) is 58.6. The number of rotatable bonds is 50. The number of esters is 1. The molecule has 6 heteroatoms. The number of unbranched alkanes of at least 4 members (excludes halogenated alkanes) is 39. The third-order valence-corrected chi connectivity index (χ3v) is 12.6. The summed E-state index contributed by atoms with van der Waals surface area (Å²) in [6.07, 6.45) is 57.8. The van der Waals surface area contributed by atoms with Crippen LogP contribution in [0.4, 0.5) is 0 Å². The molecule has 0 heterocycles. The molecule has 0 aromatic heterocycles. The Morgan fingerprint density at radius 3 is 1.13 bits per heavy atom. The summed E-state index contributed by atoms with van der Waals surface area (Å²) < 4.78 is 5.46. The van der Waals surface area contributed by atoms with Gasteiger partial charge in [-0.15, -0.1) is 0 Å². The Kier molecular flexibility index (Phi) is 49.1. The van der Waals surface area contributed by atoms with E-state index in [0.717, 1.165) is 57.8 Å². The number of aliphatic hydroxyl groups excluding tert-OH is 2. The molecule has 0 aliphatic heterocycles. The van der Waals surface area contributed by atoms with Gasteiger partial charge in [-0.1, -0.05) is 264 Å². The van der Waals surface area contributed by atoms with E-state index < -0.39 is 12.1 Å². The molecule has 2 unspecified atom stereocenters. The molecule has 3 N–H and O–H groups in total. The second-order valence-electron chi connectivity index (χ2n) is 18.6. The van der Waals surface area contributed by atoms with Crippen molar-refractivity contribution in [3.8, 4) is 0 Å². The van der Waals surface area contributed by atoms with Crippen molar-refractivity contribution in [2.45, 2.75) is 309 Å². The van der Waals surface area contributed by atoms with Crippen LogP contribution in [0.1, 0.15) is 296 Å². The van der Waals surface area contributed by atoms with E-state index in [9.17, 15) is 19.8 Å². The lowest BCUT2D eigenvalue weighted by Gasteiger charge is -2.20. The Morgan fingerprint density at radius 2 is 0.767 bits per heavy atom. The van der Waals surface area contributed by atoms with Gasteiger partial charge in [0.1, 0.15) is 0 Å². The number of carbonyl (C=O) groups is 2. The highest BCUT2D eigenvalue weighted by molar-refractivity contribution is 5.76. The standard InChI is InChI=1S/C54H105NO5/c1-3-5-7-9-11-13-15-17-18-19-23-26-30-34-38-42-46-52(57)51(50-56)55-53(58)47-43-39-35-31-27-24-20-21-25-29-33-37-41-45-49-60-54(59)48-44-40-36-32-28-22-16-14-12-10-8-6-4-2/h42,46,51-52,56-57H,3-41,43-45,47-50H2,1-2H3,(H,55,58)/b46-42+. The van der Waals surface area contributed by atoms with E-state index >= 15 is 0 Å². The van der Waals surface area contributed by atoms with E-state index in [2.05, 4.69) is 19.2 Å². The number of allylic oxidation sites excluding steroid dienone is 1. The van der Waals surface area contributed by atoms with Gasteiger partial charge < -0.3 is 20.3 Å². The number of ether oxygens (including phenoxy) is 1. The summed E-state index contributed by atoms with van der Waals surface area (Å²) in [4.78, 5) is 24.5. The second-order valence-corrected chi connectivity index (χ2v) is 18.6. The molecule has 0 radical (unpaired) electrons. The van der Waals surface area contributed by atoms with E-state index in [0.29, 0.717) is 19.4 Å². The van der Waals surface area contributed by atoms with Gasteiger partial charge in [0.25, 0.3) is 0 Å². The molecular formula is C54H105NO5. The number of nitrogens with one attached hydrogen (secondary N) is 1. The highest BCUT2D eigenvalue weighted by Gasteiger charge is 2.18. The Bertz CT molecular complexity index is 893. The van der Waals surface area contributed by atoms with Crippen LogP contribution in [0.25, 0.3) is 0 Å². The third-order valence-electron chi connectivity index (χ3n) is 12.6. The molecule has 0 spiro atoms. The molecule has 6 nitrogen and oxygen atoms in total. The highest BCUT2D eigenvalue weighted by Crippen LogP contribution is 2.17. The fourth-order valence-corrected chi connectivity index (χ4v) is 8.40. The molecule has 356 valence electrons. The maximum atomic E-state index is 12.4. The van der Waals surface area contributed by atoms with E-state index in [4.69, 9.17) is 4.74 Å². The summed E-state index contributed by atoms with van der Waals surface area (Å²) in [6.45, 7) is 4.89. The van der Waals surface area contributed by atoms with Crippen molar-refractivity contribution >= 4 is 11.9 Å². The Labute approximate surface area is 374 Å². The van der Waals surface area contributed by atoms with Gasteiger partial charge in [-0.25, -0.2) is 0 Å². The Hall–Kier alpha value is -1.40. The lowest BCUT2D eigenvalue weighted by Crippen LogP contribution is -2.45. The first-order chi connectivity index (χ1) is 29.5. The smallest absolute Gasteiger partial charge is 0.305 e. The molecule has 0 rings (SSSR count). The fraction of sp³-hybridized carbons (Fsp3) is 0.926. The largest absolute Gasteiger partial charge is 0.466 e. The molecule has 0 saturated carbocycles. The van der Waals surface area contributed by atoms with E-state index in [1.807, 2.05) is 6.08 Å². The van der Waals surface area contributed by atoms with Crippen LogP contribution in [-0.4, -0.2) is 47.4 Å². The molecule has 0 aliphatic rings. The first-order valence-electron chi connectivity index (χ1n) is 27.0. The van der Waals surface area contributed by atoms with Gasteiger partial charge in [-0.3, -0.25) is 9.59 Å². The van der Waals surface area contributed by atoms with Gasteiger partial charge in [0.05, 0.1) is 25.4 Å². The monoisotopic (exact) mass is 848 g/mol. The highest BCUT2D eigenvalue weighted by atomic mass is 16.5. The topological polar surface area (TPSA) is 95.9 Å². The van der Waals surface area contributed by atoms with Gasteiger partial charge in [0, 0.05) is 12.8 Å². The van der Waals surface area contributed by atoms with E-state index in [-0.39, 0.29) is 18.5 Å². The molecule has 0 bridgehead atoms. The lowest BCUT2D eigenvalue weighted by atomic mass is 10.0. The normalized spacial score (nSPS) is 12.7. The molecular weight excluding hydrogens is 743 g/mol. The van der Waals surface area contributed by atoms with Crippen LogP contribution in [0.3, 0.4) is 0 Å². The second kappa shape index (κ2) is 50.2. The minimum atomic E-state index is -0.850. The SMILES string of the molecule is CCCCCCCCCCCCCCCC/C=C/C(O)C(CO)NC(=O)CCCCCCCCCCCCCCCCOC(=O)CCCCCCCCCCCCCCC. The fourth-order valence-electron chi connectivity index (χ4n) is 8.40. The van der Waals surface area contributed by atoms with Gasteiger partial charge >= 0.3 is 5.97 Å². The summed E-state index contributed by atoms with van der Waals surface area (Å²) in [5, 5.41) is 23.1. The predicted octanol–water partition coefficient (Wildman–Crippen LogP) is 16.1. The zero-order chi connectivity index (χ0) is 43.7. The lowest BCUT2D eigenvalue weighted by molar-refractivity contribution is -0.143. The minimum absolute atomic E-state index is 0.00159. The van der Waals surface area contributed by atoms with Crippen molar-refractivity contribution in [1.82, 2.24) is 5.32 Å². The van der Waals surface area contributed by atoms with Crippen LogP contribution >= 0.6 is 0 Å². The summed E-state index contributed by atoms with van der Waals surface area (Å²) >= 11 is 0. The van der Waals surface area contributed by atoms with Crippen molar-refractivity contribution in [3.05, 3.63) is 12.2 Å². The van der Waals surface area contributed by atoms with Crippen molar-refractivity contribution in [1.29, 1.82) is 0 Å². The van der Waals surface area contributed by atoms with E-state index in [1.165, 1.54) is 212 Å². The number of hydrogen-bond acceptors (Lipinski definition) is 5. The Morgan fingerprint density at radius 1 is 0.450 bits per heavy atom. The van der Waals surface area contributed by atoms with Gasteiger partial charge in [0.15, 0.2) is 0 Å². The van der Waals surface area contributed by atoms with E-state index in [1.54, 1.807) is 6.08 Å². The van der Waals surface area contributed by atoms with Crippen LogP contribution in [0.15, 0.2) is 12.2 Å². The maximum absolute atomic E-state index is 12.4. The quantitative estimate of drug-likeness (QED) is 0.0322. The Balaban J connectivity index is 3.47. The maximum Gasteiger partial charge on any atom is 0.305 e. The summed E-state index contributed by atoms with van der Waals surface area (Å²) in [5.74, 6) is -0.0782. The number of amides is 1. The number of carbonyl (C=O) groups excluding carboxylic acids is 2. The molecule has 0 aromatic carbocycles. The van der Waals surface area contributed by atoms with Crippen molar-refractivity contribution in [2.24, 2.45) is 0 Å². The molecule has 0 fully saturated rings. The molecule has 0 aromatic rings. The summed E-state index contributed by atoms with van der Waals surface area (Å²) in [6, 6.07) is -0.634. The van der Waals surface area contributed by atoms with Crippen LogP contribution in [0, 0.1) is 0 Å². The molecule has 1 amide bonds. The van der Waals surface area contributed by atoms with Gasteiger partial charge in [0.2, 0.25) is 5.91 Å². The molecule has 0 saturated heterocycles. The zero-order valence-electron chi connectivity index (χ0n) is 40.5. The average Bonchev–Trinajstić information content (AvgIpc) is 3.25. The van der Waals surface area contributed by atoms with Crippen LogP contribution in [-0.2, 0) is 14.3 Å². The zero-order valence-corrected chi connectivity index (χ0v) is 40.5. The van der Waals surface area contributed by atoms with Crippen LogP contribution in [0.2, 0.25) is 0 Å². The summed E-state index contributed by atoms with van der Waals surface area (Å²) in [7, 11) is 0. The number of aliphatic hydroxyl groups is 2. The molecule has 0 aliphatic carbocycles. The van der Waals surface area contributed by atoms with Crippen LogP contribution in [0.5, 0.6) is 0 Å². The van der Waals surface area contributed by atoms with Gasteiger partial charge in [-0.05, 0) is 32.1 Å². The van der Waals surface area contributed by atoms with Crippen molar-refractivity contribution in [3.63, 3.8) is 0 Å². The van der Waals surface area contributed by atoms with Crippen LogP contribution < -0.4 is 5.32 Å². The average molecular weight is 848 g/mol. The third kappa shape index (κ3) is 46.1. The van der Waals surface area contributed by atoms with Crippen molar-refractivity contribution in [2.75, 3.05) is 13.2 Å². The molecule has 2 atom stereocenters.